The summed E-state index contributed by atoms with van der Waals surface area (Å²) in [6.07, 6.45) is 5.69. The van der Waals surface area contributed by atoms with E-state index in [1.54, 1.807) is 0 Å². The average Bonchev–Trinajstić information content (AvgIpc) is 2.44. The molecule has 0 bridgehead atoms. The molecule has 1 rings (SSSR count). The minimum Gasteiger partial charge on any atom is -0.469 e. The van der Waals surface area contributed by atoms with Gasteiger partial charge in [-0.3, -0.25) is 4.79 Å². The van der Waals surface area contributed by atoms with Crippen molar-refractivity contribution in [3.8, 4) is 0 Å². The molecule has 19 heavy (non-hydrogen) atoms. The molecule has 1 aliphatic carbocycles. The number of methoxy groups -OCH3 is 1. The number of carbonyl (C=O) groups excluding carboxylic acids is 2. The number of esters is 1. The zero-order valence-corrected chi connectivity index (χ0v) is 11.6. The van der Waals surface area contributed by atoms with Crippen molar-refractivity contribution in [2.75, 3.05) is 26.8 Å². The maximum absolute atomic E-state index is 12.1. The minimum absolute atomic E-state index is 0.112. The van der Waals surface area contributed by atoms with E-state index in [2.05, 4.69) is 10.1 Å². The molecule has 2 N–H and O–H groups in total. The van der Waals surface area contributed by atoms with Gasteiger partial charge in [0.15, 0.2) is 0 Å². The minimum atomic E-state index is -0.353. The Morgan fingerprint density at radius 3 is 2.53 bits per heavy atom. The molecule has 1 fully saturated rings. The van der Waals surface area contributed by atoms with Crippen molar-refractivity contribution in [3.05, 3.63) is 0 Å². The second-order valence-electron chi connectivity index (χ2n) is 4.82. The summed E-state index contributed by atoms with van der Waals surface area (Å²) in [5, 5.41) is 11.9. The fourth-order valence-corrected chi connectivity index (χ4v) is 2.28. The van der Waals surface area contributed by atoms with E-state index >= 15 is 0 Å². The molecular weight excluding hydrogens is 248 g/mol. The Bertz CT molecular complexity index is 290. The topological polar surface area (TPSA) is 78.9 Å². The first-order valence-corrected chi connectivity index (χ1v) is 6.90. The molecule has 0 radical (unpaired) electrons. The summed E-state index contributed by atoms with van der Waals surface area (Å²) in [7, 11) is 1.32. The second kappa shape index (κ2) is 8.74. The van der Waals surface area contributed by atoms with E-state index in [1.807, 2.05) is 0 Å². The highest BCUT2D eigenvalue weighted by Gasteiger charge is 2.20. The van der Waals surface area contributed by atoms with Crippen LogP contribution in [0.3, 0.4) is 0 Å². The number of nitrogens with zero attached hydrogens (tertiary/aromatic N) is 1. The molecule has 0 heterocycles. The Labute approximate surface area is 114 Å². The molecule has 0 saturated heterocycles. The lowest BCUT2D eigenvalue weighted by Gasteiger charge is -2.27. The Morgan fingerprint density at radius 1 is 1.26 bits per heavy atom. The fourth-order valence-electron chi connectivity index (χ4n) is 2.28. The van der Waals surface area contributed by atoms with Crippen LogP contribution in [0, 0.1) is 0 Å². The van der Waals surface area contributed by atoms with Gasteiger partial charge in [-0.1, -0.05) is 19.3 Å². The number of ether oxygens (including phenoxy) is 1. The molecule has 1 aliphatic rings. The van der Waals surface area contributed by atoms with Crippen LogP contribution >= 0.6 is 0 Å². The molecule has 0 unspecified atom stereocenters. The highest BCUT2D eigenvalue weighted by atomic mass is 16.5. The van der Waals surface area contributed by atoms with E-state index in [1.165, 1.54) is 18.4 Å². The van der Waals surface area contributed by atoms with Crippen molar-refractivity contribution in [2.45, 2.75) is 44.6 Å². The molecule has 2 amide bonds. The van der Waals surface area contributed by atoms with E-state index < -0.39 is 0 Å². The van der Waals surface area contributed by atoms with E-state index in [9.17, 15) is 9.59 Å². The lowest BCUT2D eigenvalue weighted by molar-refractivity contribution is -0.140. The summed E-state index contributed by atoms with van der Waals surface area (Å²) in [5.74, 6) is -0.353. The van der Waals surface area contributed by atoms with Crippen molar-refractivity contribution in [1.82, 2.24) is 10.2 Å². The van der Waals surface area contributed by atoms with Crippen molar-refractivity contribution in [2.24, 2.45) is 0 Å². The molecule has 1 saturated carbocycles. The molecule has 0 aromatic carbocycles. The summed E-state index contributed by atoms with van der Waals surface area (Å²) in [4.78, 5) is 24.6. The first kappa shape index (κ1) is 15.8. The van der Waals surface area contributed by atoms with Gasteiger partial charge in [-0.15, -0.1) is 0 Å². The quantitative estimate of drug-likeness (QED) is 0.704. The maximum atomic E-state index is 12.1. The second-order valence-corrected chi connectivity index (χ2v) is 4.82. The van der Waals surface area contributed by atoms with Crippen LogP contribution in [0.15, 0.2) is 0 Å². The van der Waals surface area contributed by atoms with Gasteiger partial charge in [0.05, 0.1) is 20.1 Å². The third kappa shape index (κ3) is 5.92. The van der Waals surface area contributed by atoms with E-state index in [0.717, 1.165) is 25.7 Å². The summed E-state index contributed by atoms with van der Waals surface area (Å²) in [5.41, 5.74) is 0. The zero-order valence-electron chi connectivity index (χ0n) is 11.6. The van der Waals surface area contributed by atoms with Crippen molar-refractivity contribution in [1.29, 1.82) is 0 Å². The molecule has 6 heteroatoms. The first-order valence-electron chi connectivity index (χ1n) is 6.90. The van der Waals surface area contributed by atoms with Gasteiger partial charge in [0.2, 0.25) is 0 Å². The van der Waals surface area contributed by atoms with Crippen LogP contribution in [-0.2, 0) is 9.53 Å². The van der Waals surface area contributed by atoms with E-state index in [4.69, 9.17) is 5.11 Å². The Kier molecular flexibility index (Phi) is 7.25. The van der Waals surface area contributed by atoms with Gasteiger partial charge in [0.1, 0.15) is 0 Å². The fraction of sp³-hybridized carbons (Fsp3) is 0.846. The molecule has 0 aliphatic heterocycles. The molecule has 0 aromatic heterocycles. The van der Waals surface area contributed by atoms with Gasteiger partial charge in [-0.2, -0.15) is 0 Å². The number of carbonyl (C=O) groups is 2. The van der Waals surface area contributed by atoms with Crippen molar-refractivity contribution >= 4 is 12.0 Å². The van der Waals surface area contributed by atoms with Gasteiger partial charge >= 0.3 is 12.0 Å². The third-order valence-electron chi connectivity index (χ3n) is 3.40. The largest absolute Gasteiger partial charge is 0.469 e. The average molecular weight is 272 g/mol. The van der Waals surface area contributed by atoms with Crippen LogP contribution in [-0.4, -0.2) is 54.9 Å². The van der Waals surface area contributed by atoms with Gasteiger partial charge in [0, 0.05) is 19.1 Å². The van der Waals surface area contributed by atoms with Crippen LogP contribution in [0.2, 0.25) is 0 Å². The molecule has 0 spiro atoms. The Hall–Kier alpha value is -1.30. The van der Waals surface area contributed by atoms with Gasteiger partial charge in [0.25, 0.3) is 0 Å². The molecule has 0 aromatic rings. The lowest BCUT2D eigenvalue weighted by atomic mass is 9.96. The third-order valence-corrected chi connectivity index (χ3v) is 3.40. The number of hydrogen-bond donors (Lipinski definition) is 2. The van der Waals surface area contributed by atoms with Crippen molar-refractivity contribution < 1.29 is 19.4 Å². The number of nitrogens with one attached hydrogen (secondary N) is 1. The van der Waals surface area contributed by atoms with Crippen LogP contribution in [0.1, 0.15) is 38.5 Å². The maximum Gasteiger partial charge on any atom is 0.317 e. The SMILES string of the molecule is COC(=O)CCN(CCO)C(=O)NC1CCCCC1. The van der Waals surface area contributed by atoms with Crippen LogP contribution in [0.4, 0.5) is 4.79 Å². The Morgan fingerprint density at radius 2 is 1.95 bits per heavy atom. The summed E-state index contributed by atoms with van der Waals surface area (Å²) >= 11 is 0. The molecule has 110 valence electrons. The number of urea groups is 1. The number of aliphatic hydroxyl groups excluding tert-OH is 1. The molecular formula is C13H24N2O4. The van der Waals surface area contributed by atoms with Crippen LogP contribution in [0.25, 0.3) is 0 Å². The highest BCUT2D eigenvalue weighted by Crippen LogP contribution is 2.17. The number of amides is 2. The predicted molar refractivity (Wildman–Crippen MR) is 70.7 cm³/mol. The van der Waals surface area contributed by atoms with Gasteiger partial charge in [-0.05, 0) is 12.8 Å². The lowest BCUT2D eigenvalue weighted by Crippen LogP contribution is -2.47. The number of hydrogen-bond acceptors (Lipinski definition) is 4. The van der Waals surface area contributed by atoms with Gasteiger partial charge in [-0.25, -0.2) is 4.79 Å². The normalized spacial score (nSPS) is 15.9. The zero-order chi connectivity index (χ0) is 14.1. The first-order chi connectivity index (χ1) is 9.17. The summed E-state index contributed by atoms with van der Waals surface area (Å²) < 4.78 is 4.55. The summed E-state index contributed by atoms with van der Waals surface area (Å²) in [6.45, 7) is 0.389. The monoisotopic (exact) mass is 272 g/mol. The predicted octanol–water partition coefficient (Wildman–Crippen LogP) is 0.886. The standard InChI is InChI=1S/C13H24N2O4/c1-19-12(17)7-8-15(9-10-16)13(18)14-11-5-3-2-4-6-11/h11,16H,2-10H2,1H3,(H,14,18). The summed E-state index contributed by atoms with van der Waals surface area (Å²) in [6, 6.07) is 0.0189. The van der Waals surface area contributed by atoms with Gasteiger partial charge < -0.3 is 20.1 Å². The van der Waals surface area contributed by atoms with Crippen molar-refractivity contribution in [3.63, 3.8) is 0 Å². The van der Waals surface area contributed by atoms with Crippen LogP contribution in [0.5, 0.6) is 0 Å². The van der Waals surface area contributed by atoms with E-state index in [0.29, 0.717) is 0 Å². The van der Waals surface area contributed by atoms with E-state index in [-0.39, 0.29) is 44.2 Å². The Balaban J connectivity index is 2.39. The number of aliphatic hydroxyl groups is 1. The number of rotatable bonds is 6. The highest BCUT2D eigenvalue weighted by molar-refractivity contribution is 5.76. The smallest absolute Gasteiger partial charge is 0.317 e. The van der Waals surface area contributed by atoms with Crippen LogP contribution < -0.4 is 5.32 Å². The molecule has 0 atom stereocenters. The molecule has 6 nitrogen and oxygen atoms in total.